The zero-order valence-corrected chi connectivity index (χ0v) is 19.5. The monoisotopic (exact) mass is 403 g/mol. The van der Waals surface area contributed by atoms with Gasteiger partial charge in [0.15, 0.2) is 14.1 Å². The fraction of sp³-hybridized carbons (Fsp3) is 0.652. The van der Waals surface area contributed by atoms with Crippen LogP contribution in [0.1, 0.15) is 46.6 Å². The number of nitrogens with one attached hydrogen (secondary N) is 1. The topological polar surface area (TPSA) is 39.7 Å². The van der Waals surface area contributed by atoms with Crippen LogP contribution in [0, 0.1) is 0 Å². The molecule has 0 amide bonds. The van der Waals surface area contributed by atoms with Crippen molar-refractivity contribution in [1.29, 1.82) is 0 Å². The molecule has 1 unspecified atom stereocenters. The summed E-state index contributed by atoms with van der Waals surface area (Å²) in [5.41, 5.74) is 1.28. The van der Waals surface area contributed by atoms with Crippen LogP contribution in [0.3, 0.4) is 0 Å². The van der Waals surface area contributed by atoms with Crippen LogP contribution in [0.15, 0.2) is 42.5 Å². The SMILES string of the molecule is CC1(C)O[C@H]2[C@H](C=CCC(NCc3ccccc3)[C@@H]2O[Si](C)(C)C(C)(C)C)O1. The lowest BCUT2D eigenvalue weighted by atomic mass is 10.0. The van der Waals surface area contributed by atoms with E-state index >= 15 is 0 Å². The first-order valence-electron chi connectivity index (χ1n) is 10.5. The van der Waals surface area contributed by atoms with Gasteiger partial charge in [-0.1, -0.05) is 63.3 Å². The van der Waals surface area contributed by atoms with Crippen molar-refractivity contribution in [2.45, 2.75) is 95.9 Å². The standard InChI is InChI=1S/C23H37NO3Si/c1-22(2,3)28(6,7)27-20-18(24-16-17-12-9-8-10-13-17)14-11-15-19-21(20)26-23(4,5)25-19/h8-13,15,18-21,24H,14,16H2,1-7H3/t18?,19-,20-,21-/m0/s1. The molecule has 2 aliphatic rings. The maximum Gasteiger partial charge on any atom is 0.192 e. The Kier molecular flexibility index (Phi) is 6.23. The zero-order chi connectivity index (χ0) is 20.6. The van der Waals surface area contributed by atoms with E-state index in [9.17, 15) is 0 Å². The minimum atomic E-state index is -1.97. The third-order valence-corrected chi connectivity index (χ3v) is 10.7. The summed E-state index contributed by atoms with van der Waals surface area (Å²) in [5.74, 6) is -0.587. The van der Waals surface area contributed by atoms with Gasteiger partial charge in [-0.3, -0.25) is 0 Å². The third-order valence-electron chi connectivity index (χ3n) is 6.25. The van der Waals surface area contributed by atoms with E-state index in [0.29, 0.717) is 0 Å². The van der Waals surface area contributed by atoms with E-state index in [-0.39, 0.29) is 29.4 Å². The summed E-state index contributed by atoms with van der Waals surface area (Å²) in [6.45, 7) is 16.3. The lowest BCUT2D eigenvalue weighted by Crippen LogP contribution is -2.56. The molecule has 3 rings (SSSR count). The van der Waals surface area contributed by atoms with E-state index in [4.69, 9.17) is 13.9 Å². The van der Waals surface area contributed by atoms with Crippen LogP contribution < -0.4 is 5.32 Å². The van der Waals surface area contributed by atoms with Gasteiger partial charge in [0, 0.05) is 12.6 Å². The number of rotatable bonds is 5. The van der Waals surface area contributed by atoms with Crippen LogP contribution in [0.25, 0.3) is 0 Å². The first kappa shape index (κ1) is 21.7. The van der Waals surface area contributed by atoms with Crippen molar-refractivity contribution >= 4 is 8.32 Å². The molecule has 5 heteroatoms. The molecular weight excluding hydrogens is 366 g/mol. The average Bonchev–Trinajstić information content (AvgIpc) is 2.82. The summed E-state index contributed by atoms with van der Waals surface area (Å²) < 4.78 is 19.5. The van der Waals surface area contributed by atoms with Gasteiger partial charge in [0.2, 0.25) is 0 Å². The van der Waals surface area contributed by atoms with E-state index in [1.54, 1.807) is 0 Å². The summed E-state index contributed by atoms with van der Waals surface area (Å²) in [5, 5.41) is 3.89. The van der Waals surface area contributed by atoms with Crippen LogP contribution in [-0.4, -0.2) is 38.5 Å². The van der Waals surface area contributed by atoms with E-state index in [1.165, 1.54) is 5.56 Å². The maximum atomic E-state index is 6.96. The highest BCUT2D eigenvalue weighted by Gasteiger charge is 2.50. The van der Waals surface area contributed by atoms with E-state index < -0.39 is 14.1 Å². The normalized spacial score (nSPS) is 30.1. The Morgan fingerprint density at radius 2 is 1.82 bits per heavy atom. The molecule has 1 aliphatic carbocycles. The minimum Gasteiger partial charge on any atom is -0.410 e. The highest BCUT2D eigenvalue weighted by atomic mass is 28.4. The molecule has 0 bridgehead atoms. The van der Waals surface area contributed by atoms with Gasteiger partial charge in [0.25, 0.3) is 0 Å². The Bertz CT molecular complexity index is 681. The Hall–Kier alpha value is -0.983. The molecule has 0 saturated carbocycles. The Labute approximate surface area is 171 Å². The molecular formula is C23H37NO3Si. The molecule has 1 aromatic carbocycles. The number of ether oxygens (including phenoxy) is 2. The van der Waals surface area contributed by atoms with Gasteiger partial charge in [0.1, 0.15) is 12.2 Å². The smallest absolute Gasteiger partial charge is 0.192 e. The fourth-order valence-corrected chi connectivity index (χ4v) is 4.99. The number of hydrogen-bond acceptors (Lipinski definition) is 4. The molecule has 1 aliphatic heterocycles. The second-order valence-electron chi connectivity index (χ2n) is 10.0. The summed E-state index contributed by atoms with van der Waals surface area (Å²) in [7, 11) is -1.97. The van der Waals surface area contributed by atoms with Gasteiger partial charge in [0.05, 0.1) is 6.10 Å². The molecule has 0 spiro atoms. The predicted octanol–water partition coefficient (Wildman–Crippen LogP) is 5.02. The average molecular weight is 404 g/mol. The number of fused-ring (bicyclic) bond motifs is 1. The van der Waals surface area contributed by atoms with Crippen molar-refractivity contribution < 1.29 is 13.9 Å². The largest absolute Gasteiger partial charge is 0.410 e. The molecule has 1 fully saturated rings. The molecule has 0 radical (unpaired) electrons. The summed E-state index contributed by atoms with van der Waals surface area (Å²) >= 11 is 0. The Balaban J connectivity index is 1.84. The molecule has 1 heterocycles. The first-order chi connectivity index (χ1) is 13.0. The molecule has 1 saturated heterocycles. The Morgan fingerprint density at radius 1 is 1.14 bits per heavy atom. The van der Waals surface area contributed by atoms with Crippen molar-refractivity contribution in [2.75, 3.05) is 0 Å². The first-order valence-corrected chi connectivity index (χ1v) is 13.4. The van der Waals surface area contributed by atoms with Crippen LogP contribution in [0.4, 0.5) is 0 Å². The van der Waals surface area contributed by atoms with E-state index in [0.717, 1.165) is 13.0 Å². The molecule has 1 aromatic rings. The van der Waals surface area contributed by atoms with Crippen LogP contribution in [-0.2, 0) is 20.4 Å². The second-order valence-corrected chi connectivity index (χ2v) is 14.8. The lowest BCUT2D eigenvalue weighted by Gasteiger charge is -2.43. The van der Waals surface area contributed by atoms with Gasteiger partial charge >= 0.3 is 0 Å². The predicted molar refractivity (Wildman–Crippen MR) is 117 cm³/mol. The van der Waals surface area contributed by atoms with Gasteiger partial charge in [-0.25, -0.2) is 0 Å². The summed E-state index contributed by atoms with van der Waals surface area (Å²) in [6.07, 6.45) is 5.08. The van der Waals surface area contributed by atoms with Gasteiger partial charge in [-0.15, -0.1) is 0 Å². The molecule has 4 atom stereocenters. The molecule has 0 aromatic heterocycles. The summed E-state index contributed by atoms with van der Waals surface area (Å²) in [6, 6.07) is 10.7. The van der Waals surface area contributed by atoms with Gasteiger partial charge < -0.3 is 19.2 Å². The minimum absolute atomic E-state index is 0.0496. The quantitative estimate of drug-likeness (QED) is 0.554. The van der Waals surface area contributed by atoms with Crippen LogP contribution >= 0.6 is 0 Å². The molecule has 28 heavy (non-hydrogen) atoms. The van der Waals surface area contributed by atoms with Gasteiger partial charge in [-0.05, 0) is 44.0 Å². The fourth-order valence-electron chi connectivity index (χ4n) is 3.65. The maximum absolute atomic E-state index is 6.96. The van der Waals surface area contributed by atoms with E-state index in [1.807, 2.05) is 13.8 Å². The summed E-state index contributed by atoms with van der Waals surface area (Å²) in [4.78, 5) is 0. The Morgan fingerprint density at radius 3 is 2.46 bits per heavy atom. The molecule has 4 nitrogen and oxygen atoms in total. The van der Waals surface area contributed by atoms with Crippen molar-refractivity contribution in [3.63, 3.8) is 0 Å². The van der Waals surface area contributed by atoms with Gasteiger partial charge in [-0.2, -0.15) is 0 Å². The van der Waals surface area contributed by atoms with Crippen molar-refractivity contribution in [3.8, 4) is 0 Å². The van der Waals surface area contributed by atoms with Crippen LogP contribution in [0.5, 0.6) is 0 Å². The lowest BCUT2D eigenvalue weighted by molar-refractivity contribution is -0.154. The van der Waals surface area contributed by atoms with Crippen molar-refractivity contribution in [3.05, 3.63) is 48.0 Å². The molecule has 1 N–H and O–H groups in total. The third kappa shape index (κ3) is 4.95. The van der Waals surface area contributed by atoms with Crippen molar-refractivity contribution in [2.24, 2.45) is 0 Å². The van der Waals surface area contributed by atoms with E-state index in [2.05, 4.69) is 81.7 Å². The zero-order valence-electron chi connectivity index (χ0n) is 18.5. The number of hydrogen-bond donors (Lipinski definition) is 1. The molecule has 156 valence electrons. The highest BCUT2D eigenvalue weighted by molar-refractivity contribution is 6.74. The highest BCUT2D eigenvalue weighted by Crippen LogP contribution is 2.41. The number of benzene rings is 1. The second kappa shape index (κ2) is 8.03. The van der Waals surface area contributed by atoms with Crippen LogP contribution in [0.2, 0.25) is 18.1 Å². The van der Waals surface area contributed by atoms with Crippen molar-refractivity contribution in [1.82, 2.24) is 5.32 Å².